The molecule has 0 bridgehead atoms. The standard InChI is InChI=1S/C22H22N2O5/c1-3-28-21(26)19-17(13-29-18-12-8-7-11-16(18)14(2)25)23-22(27)24-20(19)15-9-5-4-6-10-15/h4-12,20H,3,13H2,1-2H3,(H2,23,24,27)/t20-/m0/s1. The number of ketones is 1. The van der Waals surface area contributed by atoms with Crippen molar-refractivity contribution in [2.45, 2.75) is 19.9 Å². The third-order valence-corrected chi connectivity index (χ3v) is 4.42. The molecular formula is C22H22N2O5. The highest BCUT2D eigenvalue weighted by atomic mass is 16.5. The number of amides is 2. The van der Waals surface area contributed by atoms with E-state index in [0.717, 1.165) is 5.56 Å². The highest BCUT2D eigenvalue weighted by molar-refractivity contribution is 5.97. The van der Waals surface area contributed by atoms with E-state index in [4.69, 9.17) is 9.47 Å². The fourth-order valence-corrected chi connectivity index (χ4v) is 3.11. The predicted octanol–water partition coefficient (Wildman–Crippen LogP) is 3.14. The van der Waals surface area contributed by atoms with Crippen LogP contribution < -0.4 is 15.4 Å². The minimum atomic E-state index is -0.675. The number of nitrogens with one attached hydrogen (secondary N) is 2. The number of Topliss-reactive ketones (excluding diaryl/α,β-unsaturated/α-hetero) is 1. The van der Waals surface area contributed by atoms with Crippen LogP contribution in [0.4, 0.5) is 4.79 Å². The van der Waals surface area contributed by atoms with Gasteiger partial charge in [0.25, 0.3) is 0 Å². The molecule has 150 valence electrons. The molecule has 7 heteroatoms. The van der Waals surface area contributed by atoms with Crippen LogP contribution in [-0.2, 0) is 9.53 Å². The van der Waals surface area contributed by atoms with Crippen molar-refractivity contribution < 1.29 is 23.9 Å². The first-order valence-electron chi connectivity index (χ1n) is 9.26. The Bertz CT molecular complexity index is 953. The second kappa shape index (κ2) is 9.05. The van der Waals surface area contributed by atoms with E-state index in [2.05, 4.69) is 10.6 Å². The van der Waals surface area contributed by atoms with Crippen LogP contribution in [0.3, 0.4) is 0 Å². The third-order valence-electron chi connectivity index (χ3n) is 4.42. The molecule has 0 radical (unpaired) electrons. The molecule has 2 N–H and O–H groups in total. The number of carbonyl (C=O) groups excluding carboxylic acids is 3. The molecular weight excluding hydrogens is 372 g/mol. The van der Waals surface area contributed by atoms with E-state index in [-0.39, 0.29) is 24.6 Å². The highest BCUT2D eigenvalue weighted by Gasteiger charge is 2.34. The van der Waals surface area contributed by atoms with Gasteiger partial charge < -0.3 is 20.1 Å². The van der Waals surface area contributed by atoms with Crippen LogP contribution in [0.15, 0.2) is 65.9 Å². The van der Waals surface area contributed by atoms with Gasteiger partial charge in [0.1, 0.15) is 12.4 Å². The Hall–Kier alpha value is -3.61. The Balaban J connectivity index is 1.98. The van der Waals surface area contributed by atoms with E-state index in [1.807, 2.05) is 30.3 Å². The number of para-hydroxylation sites is 1. The number of rotatable bonds is 7. The number of urea groups is 1. The van der Waals surface area contributed by atoms with Gasteiger partial charge in [0, 0.05) is 0 Å². The summed E-state index contributed by atoms with van der Waals surface area (Å²) >= 11 is 0. The zero-order valence-electron chi connectivity index (χ0n) is 16.2. The molecule has 7 nitrogen and oxygen atoms in total. The fourth-order valence-electron chi connectivity index (χ4n) is 3.11. The molecule has 0 aliphatic carbocycles. The molecule has 0 saturated heterocycles. The summed E-state index contributed by atoms with van der Waals surface area (Å²) in [5.74, 6) is -0.316. The molecule has 3 rings (SSSR count). The first-order chi connectivity index (χ1) is 14.0. The molecule has 0 unspecified atom stereocenters. The van der Waals surface area contributed by atoms with Gasteiger partial charge in [0.15, 0.2) is 5.78 Å². The van der Waals surface area contributed by atoms with Crippen LogP contribution in [-0.4, -0.2) is 31.0 Å². The van der Waals surface area contributed by atoms with Crippen molar-refractivity contribution in [1.29, 1.82) is 0 Å². The monoisotopic (exact) mass is 394 g/mol. The Labute approximate surface area is 168 Å². The van der Waals surface area contributed by atoms with Gasteiger partial charge in [-0.15, -0.1) is 0 Å². The Morgan fingerprint density at radius 1 is 1.03 bits per heavy atom. The van der Waals surface area contributed by atoms with Gasteiger partial charge in [-0.3, -0.25) is 4.79 Å². The predicted molar refractivity (Wildman–Crippen MR) is 106 cm³/mol. The summed E-state index contributed by atoms with van der Waals surface area (Å²) in [5, 5.41) is 5.40. The summed E-state index contributed by atoms with van der Waals surface area (Å²) in [7, 11) is 0. The summed E-state index contributed by atoms with van der Waals surface area (Å²) in [6.07, 6.45) is 0. The SMILES string of the molecule is CCOC(=O)C1=C(COc2ccccc2C(C)=O)NC(=O)N[C@H]1c1ccccc1. The van der Waals surface area contributed by atoms with Crippen LogP contribution in [0.5, 0.6) is 5.75 Å². The average molecular weight is 394 g/mol. The van der Waals surface area contributed by atoms with Crippen molar-refractivity contribution >= 4 is 17.8 Å². The zero-order chi connectivity index (χ0) is 20.8. The summed E-state index contributed by atoms with van der Waals surface area (Å²) in [6, 6.07) is 14.8. The van der Waals surface area contributed by atoms with Gasteiger partial charge in [-0.25, -0.2) is 9.59 Å². The lowest BCUT2D eigenvalue weighted by Gasteiger charge is -2.29. The quantitative estimate of drug-likeness (QED) is 0.556. The third kappa shape index (κ3) is 4.63. The lowest BCUT2D eigenvalue weighted by Crippen LogP contribution is -2.47. The number of hydrogen-bond donors (Lipinski definition) is 2. The lowest BCUT2D eigenvalue weighted by atomic mass is 9.95. The van der Waals surface area contributed by atoms with Crippen molar-refractivity contribution in [2.24, 2.45) is 0 Å². The minimum absolute atomic E-state index is 0.102. The largest absolute Gasteiger partial charge is 0.487 e. The molecule has 1 aliphatic heterocycles. The second-order valence-electron chi connectivity index (χ2n) is 6.40. The molecule has 2 aromatic carbocycles. The number of ether oxygens (including phenoxy) is 2. The van der Waals surface area contributed by atoms with Gasteiger partial charge in [-0.2, -0.15) is 0 Å². The summed E-state index contributed by atoms with van der Waals surface area (Å²) in [6.45, 7) is 3.25. The summed E-state index contributed by atoms with van der Waals surface area (Å²) in [5.41, 5.74) is 1.72. The highest BCUT2D eigenvalue weighted by Crippen LogP contribution is 2.28. The number of hydrogen-bond acceptors (Lipinski definition) is 5. The van der Waals surface area contributed by atoms with Crippen LogP contribution >= 0.6 is 0 Å². The summed E-state index contributed by atoms with van der Waals surface area (Å²) < 4.78 is 11.0. The van der Waals surface area contributed by atoms with E-state index < -0.39 is 18.0 Å². The summed E-state index contributed by atoms with van der Waals surface area (Å²) in [4.78, 5) is 36.8. The molecule has 29 heavy (non-hydrogen) atoms. The maximum atomic E-state index is 12.7. The van der Waals surface area contributed by atoms with Gasteiger partial charge in [0.05, 0.1) is 29.5 Å². The average Bonchev–Trinajstić information content (AvgIpc) is 2.72. The van der Waals surface area contributed by atoms with E-state index in [9.17, 15) is 14.4 Å². The maximum absolute atomic E-state index is 12.7. The van der Waals surface area contributed by atoms with E-state index >= 15 is 0 Å². The Morgan fingerprint density at radius 2 is 1.72 bits per heavy atom. The maximum Gasteiger partial charge on any atom is 0.338 e. The number of esters is 1. The molecule has 1 heterocycles. The first-order valence-corrected chi connectivity index (χ1v) is 9.26. The lowest BCUT2D eigenvalue weighted by molar-refractivity contribution is -0.139. The van der Waals surface area contributed by atoms with Crippen molar-refractivity contribution in [3.05, 3.63) is 77.0 Å². The topological polar surface area (TPSA) is 93.7 Å². The van der Waals surface area contributed by atoms with Crippen LogP contribution in [0.1, 0.15) is 35.8 Å². The number of benzene rings is 2. The molecule has 0 aromatic heterocycles. The fraction of sp³-hybridized carbons (Fsp3) is 0.227. The van der Waals surface area contributed by atoms with Crippen LogP contribution in [0, 0.1) is 0 Å². The van der Waals surface area contributed by atoms with Crippen molar-refractivity contribution in [1.82, 2.24) is 10.6 Å². The Morgan fingerprint density at radius 3 is 2.41 bits per heavy atom. The molecule has 0 spiro atoms. The molecule has 1 atom stereocenters. The van der Waals surface area contributed by atoms with Crippen molar-refractivity contribution in [2.75, 3.05) is 13.2 Å². The molecule has 2 aromatic rings. The second-order valence-corrected chi connectivity index (χ2v) is 6.40. The van der Waals surface area contributed by atoms with Crippen molar-refractivity contribution in [3.8, 4) is 5.75 Å². The molecule has 2 amide bonds. The molecule has 1 aliphatic rings. The Kier molecular flexibility index (Phi) is 6.29. The molecule has 0 saturated carbocycles. The smallest absolute Gasteiger partial charge is 0.338 e. The zero-order valence-corrected chi connectivity index (χ0v) is 16.2. The minimum Gasteiger partial charge on any atom is -0.487 e. The van der Waals surface area contributed by atoms with E-state index in [1.165, 1.54) is 6.92 Å². The van der Waals surface area contributed by atoms with Gasteiger partial charge in [-0.05, 0) is 31.5 Å². The number of carbonyl (C=O) groups is 3. The van der Waals surface area contributed by atoms with Gasteiger partial charge in [-0.1, -0.05) is 42.5 Å². The van der Waals surface area contributed by atoms with Crippen molar-refractivity contribution in [3.63, 3.8) is 0 Å². The van der Waals surface area contributed by atoms with Crippen LogP contribution in [0.25, 0.3) is 0 Å². The molecule has 0 fully saturated rings. The van der Waals surface area contributed by atoms with Gasteiger partial charge >= 0.3 is 12.0 Å². The van der Waals surface area contributed by atoms with Gasteiger partial charge in [0.2, 0.25) is 0 Å². The van der Waals surface area contributed by atoms with E-state index in [0.29, 0.717) is 17.0 Å². The van der Waals surface area contributed by atoms with Crippen LogP contribution in [0.2, 0.25) is 0 Å². The van der Waals surface area contributed by atoms with E-state index in [1.54, 1.807) is 31.2 Å². The first kappa shape index (κ1) is 20.1. The normalized spacial score (nSPS) is 15.9.